The number of fused-ring (bicyclic) bond motifs is 2. The van der Waals surface area contributed by atoms with Crippen LogP contribution < -0.4 is 24.8 Å². The lowest BCUT2D eigenvalue weighted by atomic mass is 10.1. The molecule has 2 aromatic carbocycles. The fourth-order valence-corrected chi connectivity index (χ4v) is 3.13. The van der Waals surface area contributed by atoms with Crippen molar-refractivity contribution in [2.45, 2.75) is 6.42 Å². The molecule has 0 fully saturated rings. The minimum Gasteiger partial charge on any atom is -0.497 e. The van der Waals surface area contributed by atoms with Crippen molar-refractivity contribution in [1.82, 2.24) is 5.32 Å². The summed E-state index contributed by atoms with van der Waals surface area (Å²) in [6.45, 7) is 0.269. The van der Waals surface area contributed by atoms with Gasteiger partial charge in [0.25, 0.3) is 5.91 Å². The summed E-state index contributed by atoms with van der Waals surface area (Å²) in [5.74, 6) is 0.308. The highest BCUT2D eigenvalue weighted by Gasteiger charge is 2.16. The monoisotopic (exact) mass is 440 g/mol. The third kappa shape index (κ3) is 4.91. The predicted octanol–water partition coefficient (Wildman–Crippen LogP) is 2.65. The zero-order chi connectivity index (χ0) is 22.5. The fourth-order valence-electron chi connectivity index (χ4n) is 3.13. The van der Waals surface area contributed by atoms with Gasteiger partial charge in [0.2, 0.25) is 0 Å². The summed E-state index contributed by atoms with van der Waals surface area (Å²) < 4.78 is 26.4. The highest BCUT2D eigenvalue weighted by Crippen LogP contribution is 2.32. The molecule has 0 saturated heterocycles. The number of furan rings is 1. The van der Waals surface area contributed by atoms with E-state index in [1.165, 1.54) is 6.26 Å². The van der Waals surface area contributed by atoms with Gasteiger partial charge in [0.15, 0.2) is 18.1 Å². The summed E-state index contributed by atoms with van der Waals surface area (Å²) in [5, 5.41) is 5.34. The Morgan fingerprint density at radius 1 is 1.03 bits per heavy atom. The quantitative estimate of drug-likeness (QED) is 0.561. The second-order valence-electron chi connectivity index (χ2n) is 6.82. The molecule has 32 heavy (non-hydrogen) atoms. The SMILES string of the molecule is COc1ccc2c(CC(=O)OCC(=O)NC(=O)Nc3ccc4c(c3)OCCO4)coc2c1. The molecule has 166 valence electrons. The van der Waals surface area contributed by atoms with Gasteiger partial charge in [-0.2, -0.15) is 0 Å². The number of carbonyl (C=O) groups excluding carboxylic acids is 3. The van der Waals surface area contributed by atoms with Gasteiger partial charge in [-0.05, 0) is 24.3 Å². The molecule has 4 rings (SSSR count). The van der Waals surface area contributed by atoms with Gasteiger partial charge in [-0.3, -0.25) is 14.9 Å². The Labute approximate surface area is 182 Å². The van der Waals surface area contributed by atoms with Crippen LogP contribution in [0.4, 0.5) is 10.5 Å². The van der Waals surface area contributed by atoms with E-state index in [1.54, 1.807) is 43.5 Å². The van der Waals surface area contributed by atoms with E-state index in [9.17, 15) is 14.4 Å². The number of hydrogen-bond acceptors (Lipinski definition) is 8. The second-order valence-corrected chi connectivity index (χ2v) is 6.82. The third-order valence-corrected chi connectivity index (χ3v) is 4.61. The average Bonchev–Trinajstić information content (AvgIpc) is 3.19. The lowest BCUT2D eigenvalue weighted by molar-refractivity contribution is -0.147. The standard InChI is InChI=1S/C22H20N2O8/c1-28-15-3-4-16-13(11-31-18(16)10-15)8-21(26)32-12-20(25)24-22(27)23-14-2-5-17-19(9-14)30-7-6-29-17/h2-5,9-11H,6-8,12H2,1H3,(H2,23,24,25,27). The van der Waals surface area contributed by atoms with Gasteiger partial charge in [0, 0.05) is 28.8 Å². The molecular weight excluding hydrogens is 420 g/mol. The molecule has 0 radical (unpaired) electrons. The number of hydrogen-bond donors (Lipinski definition) is 2. The van der Waals surface area contributed by atoms with Crippen molar-refractivity contribution in [3.63, 3.8) is 0 Å². The van der Waals surface area contributed by atoms with Gasteiger partial charge >= 0.3 is 12.0 Å². The number of amides is 3. The zero-order valence-electron chi connectivity index (χ0n) is 17.1. The lowest BCUT2D eigenvalue weighted by Gasteiger charge is -2.19. The van der Waals surface area contributed by atoms with Crippen LogP contribution in [0, 0.1) is 0 Å². The van der Waals surface area contributed by atoms with E-state index in [0.717, 1.165) is 5.39 Å². The Balaban J connectivity index is 1.24. The van der Waals surface area contributed by atoms with E-state index in [1.807, 2.05) is 0 Å². The predicted molar refractivity (Wildman–Crippen MR) is 112 cm³/mol. The molecular formula is C22H20N2O8. The minimum atomic E-state index is -0.768. The molecule has 3 aromatic rings. The van der Waals surface area contributed by atoms with E-state index >= 15 is 0 Å². The largest absolute Gasteiger partial charge is 0.497 e. The van der Waals surface area contributed by atoms with Crippen molar-refractivity contribution in [3.8, 4) is 17.2 Å². The van der Waals surface area contributed by atoms with Crippen LogP contribution in [-0.2, 0) is 20.7 Å². The van der Waals surface area contributed by atoms with Crippen LogP contribution in [0.15, 0.2) is 47.1 Å². The Kier molecular flexibility index (Phi) is 6.11. The van der Waals surface area contributed by atoms with Crippen LogP contribution in [0.3, 0.4) is 0 Å². The van der Waals surface area contributed by atoms with Crippen LogP contribution in [-0.4, -0.2) is 44.8 Å². The number of rotatable bonds is 6. The molecule has 0 saturated carbocycles. The first-order valence-corrected chi connectivity index (χ1v) is 9.72. The minimum absolute atomic E-state index is 0.0873. The number of anilines is 1. The number of urea groups is 1. The van der Waals surface area contributed by atoms with E-state index in [-0.39, 0.29) is 6.42 Å². The maximum atomic E-state index is 12.1. The molecule has 2 N–H and O–H groups in total. The molecule has 10 nitrogen and oxygen atoms in total. The summed E-state index contributed by atoms with van der Waals surface area (Å²) in [6.07, 6.45) is 1.36. The van der Waals surface area contributed by atoms with Gasteiger partial charge in [0.05, 0.1) is 19.8 Å². The molecule has 0 spiro atoms. The molecule has 3 amide bonds. The van der Waals surface area contributed by atoms with E-state index in [0.29, 0.717) is 47.3 Å². The van der Waals surface area contributed by atoms with Crippen molar-refractivity contribution in [3.05, 3.63) is 48.2 Å². The normalized spacial score (nSPS) is 12.2. The molecule has 10 heteroatoms. The van der Waals surface area contributed by atoms with E-state index < -0.39 is 24.5 Å². The molecule has 1 aliphatic heterocycles. The molecule has 1 aromatic heterocycles. The Morgan fingerprint density at radius 3 is 2.66 bits per heavy atom. The highest BCUT2D eigenvalue weighted by molar-refractivity contribution is 6.02. The van der Waals surface area contributed by atoms with Crippen molar-refractivity contribution < 1.29 is 37.7 Å². The van der Waals surface area contributed by atoms with Crippen molar-refractivity contribution in [2.24, 2.45) is 0 Å². The molecule has 2 heterocycles. The lowest BCUT2D eigenvalue weighted by Crippen LogP contribution is -2.37. The maximum Gasteiger partial charge on any atom is 0.325 e. The van der Waals surface area contributed by atoms with Gasteiger partial charge < -0.3 is 28.7 Å². The first-order valence-electron chi connectivity index (χ1n) is 9.72. The number of methoxy groups -OCH3 is 1. The van der Waals surface area contributed by atoms with Crippen LogP contribution in [0.1, 0.15) is 5.56 Å². The molecule has 0 atom stereocenters. The first-order chi connectivity index (χ1) is 15.5. The molecule has 1 aliphatic rings. The Bertz CT molecular complexity index is 1170. The second kappa shape index (κ2) is 9.29. The summed E-state index contributed by atoms with van der Waals surface area (Å²) in [6, 6.07) is 9.32. The van der Waals surface area contributed by atoms with E-state index in [4.69, 9.17) is 23.4 Å². The molecule has 0 bridgehead atoms. The zero-order valence-corrected chi connectivity index (χ0v) is 17.1. The Morgan fingerprint density at radius 2 is 1.84 bits per heavy atom. The topological polar surface area (TPSA) is 125 Å². The Hall–Kier alpha value is -4.21. The number of imide groups is 1. The summed E-state index contributed by atoms with van der Waals surface area (Å²) in [7, 11) is 1.55. The van der Waals surface area contributed by atoms with Gasteiger partial charge in [-0.15, -0.1) is 0 Å². The first kappa shape index (κ1) is 21.0. The number of carbonyl (C=O) groups is 3. The number of esters is 1. The van der Waals surface area contributed by atoms with Crippen molar-refractivity contribution in [2.75, 3.05) is 32.2 Å². The number of benzene rings is 2. The van der Waals surface area contributed by atoms with Crippen LogP contribution in [0.5, 0.6) is 17.2 Å². The van der Waals surface area contributed by atoms with Crippen molar-refractivity contribution >= 4 is 34.6 Å². The molecule has 0 aliphatic carbocycles. The third-order valence-electron chi connectivity index (χ3n) is 4.61. The fraction of sp³-hybridized carbons (Fsp3) is 0.227. The summed E-state index contributed by atoms with van der Waals surface area (Å²) in [5.41, 5.74) is 1.60. The molecule has 0 unspecified atom stereocenters. The van der Waals surface area contributed by atoms with Crippen LogP contribution in [0.2, 0.25) is 0 Å². The average molecular weight is 440 g/mol. The van der Waals surface area contributed by atoms with Crippen LogP contribution >= 0.6 is 0 Å². The smallest absolute Gasteiger partial charge is 0.325 e. The summed E-state index contributed by atoms with van der Waals surface area (Å²) in [4.78, 5) is 36.1. The summed E-state index contributed by atoms with van der Waals surface area (Å²) >= 11 is 0. The number of ether oxygens (including phenoxy) is 4. The van der Waals surface area contributed by atoms with Gasteiger partial charge in [-0.1, -0.05) is 0 Å². The number of nitrogens with one attached hydrogen (secondary N) is 2. The maximum absolute atomic E-state index is 12.1. The van der Waals surface area contributed by atoms with Crippen molar-refractivity contribution in [1.29, 1.82) is 0 Å². The highest BCUT2D eigenvalue weighted by atomic mass is 16.6. The van der Waals surface area contributed by atoms with Gasteiger partial charge in [-0.25, -0.2) is 4.79 Å². The van der Waals surface area contributed by atoms with E-state index in [2.05, 4.69) is 10.6 Å². The van der Waals surface area contributed by atoms with Gasteiger partial charge in [0.1, 0.15) is 24.5 Å². The van der Waals surface area contributed by atoms with Crippen LogP contribution in [0.25, 0.3) is 11.0 Å².